The summed E-state index contributed by atoms with van der Waals surface area (Å²) in [6, 6.07) is 6.67. The predicted molar refractivity (Wildman–Crippen MR) is 94.1 cm³/mol. The summed E-state index contributed by atoms with van der Waals surface area (Å²) in [6.07, 6.45) is 3.30. The van der Waals surface area contributed by atoms with Crippen molar-refractivity contribution in [3.05, 3.63) is 30.1 Å². The highest BCUT2D eigenvalue weighted by Gasteiger charge is 2.21. The Morgan fingerprint density at radius 3 is 2.67 bits per heavy atom. The summed E-state index contributed by atoms with van der Waals surface area (Å²) >= 11 is 0. The minimum Gasteiger partial charge on any atom is -0.494 e. The zero-order valence-electron chi connectivity index (χ0n) is 12.3. The Bertz CT molecular complexity index is 435. The molecule has 21 heavy (non-hydrogen) atoms. The molecule has 4 nitrogen and oxygen atoms in total. The maximum atomic E-state index is 12.7. The van der Waals surface area contributed by atoms with Crippen LogP contribution in [0.2, 0.25) is 0 Å². The molecule has 0 aliphatic heterocycles. The molecular formula is C15H23FIN3O. The molecule has 6 heteroatoms. The van der Waals surface area contributed by atoms with Crippen LogP contribution >= 0.6 is 24.0 Å². The van der Waals surface area contributed by atoms with Gasteiger partial charge in [-0.2, -0.15) is 0 Å². The van der Waals surface area contributed by atoms with Gasteiger partial charge in [-0.05, 0) is 44.0 Å². The standard InChI is InChI=1S/C15H22FN3O.HI/c1-2-17-15(19-13-6-7-13)18-10-3-11-20-14-8-4-12(16)5-9-14;/h4-5,8-9,13H,2-3,6-7,10-11H2,1H3,(H2,17,18,19);1H. The van der Waals surface area contributed by atoms with Crippen molar-refractivity contribution in [3.63, 3.8) is 0 Å². The van der Waals surface area contributed by atoms with E-state index in [1.807, 2.05) is 0 Å². The third kappa shape index (κ3) is 7.50. The van der Waals surface area contributed by atoms with E-state index >= 15 is 0 Å². The van der Waals surface area contributed by atoms with Crippen LogP contribution in [0.1, 0.15) is 26.2 Å². The van der Waals surface area contributed by atoms with Crippen molar-refractivity contribution in [2.75, 3.05) is 19.7 Å². The lowest BCUT2D eigenvalue weighted by Crippen LogP contribution is -2.38. The second-order valence-corrected chi connectivity index (χ2v) is 4.84. The topological polar surface area (TPSA) is 45.7 Å². The first-order chi connectivity index (χ1) is 9.78. The molecule has 0 amide bonds. The number of nitrogens with one attached hydrogen (secondary N) is 2. The molecule has 0 atom stereocenters. The second-order valence-electron chi connectivity index (χ2n) is 4.84. The number of hydrogen-bond donors (Lipinski definition) is 2. The molecule has 1 aliphatic rings. The fraction of sp³-hybridized carbons (Fsp3) is 0.533. The van der Waals surface area contributed by atoms with Crippen molar-refractivity contribution in [1.82, 2.24) is 10.6 Å². The molecule has 0 aromatic heterocycles. The number of benzene rings is 1. The molecular weight excluding hydrogens is 384 g/mol. The summed E-state index contributed by atoms with van der Waals surface area (Å²) in [6.45, 7) is 4.22. The molecule has 1 fully saturated rings. The largest absolute Gasteiger partial charge is 0.494 e. The van der Waals surface area contributed by atoms with Crippen LogP contribution < -0.4 is 15.4 Å². The summed E-state index contributed by atoms with van der Waals surface area (Å²) in [5, 5.41) is 6.59. The molecule has 0 unspecified atom stereocenters. The summed E-state index contributed by atoms with van der Waals surface area (Å²) in [5.74, 6) is 1.33. The summed E-state index contributed by atoms with van der Waals surface area (Å²) < 4.78 is 18.2. The van der Waals surface area contributed by atoms with Crippen LogP contribution in [-0.2, 0) is 0 Å². The number of nitrogens with zero attached hydrogens (tertiary/aromatic N) is 1. The van der Waals surface area contributed by atoms with E-state index in [1.165, 1.54) is 25.0 Å². The Balaban J connectivity index is 0.00000220. The Hall–Kier alpha value is -1.05. The quantitative estimate of drug-likeness (QED) is 0.316. The lowest BCUT2D eigenvalue weighted by molar-refractivity contribution is 0.313. The highest BCUT2D eigenvalue weighted by molar-refractivity contribution is 14.0. The van der Waals surface area contributed by atoms with Crippen LogP contribution in [0.15, 0.2) is 29.3 Å². The maximum Gasteiger partial charge on any atom is 0.191 e. The van der Waals surface area contributed by atoms with Crippen molar-refractivity contribution in [1.29, 1.82) is 0 Å². The van der Waals surface area contributed by atoms with Crippen molar-refractivity contribution < 1.29 is 9.13 Å². The van der Waals surface area contributed by atoms with E-state index in [9.17, 15) is 4.39 Å². The molecule has 0 heterocycles. The highest BCUT2D eigenvalue weighted by atomic mass is 127. The lowest BCUT2D eigenvalue weighted by Gasteiger charge is -2.10. The van der Waals surface area contributed by atoms with Gasteiger partial charge in [0.05, 0.1) is 6.61 Å². The first-order valence-electron chi connectivity index (χ1n) is 7.21. The van der Waals surface area contributed by atoms with Gasteiger partial charge >= 0.3 is 0 Å². The zero-order valence-corrected chi connectivity index (χ0v) is 14.6. The summed E-state index contributed by atoms with van der Waals surface area (Å²) in [7, 11) is 0. The first kappa shape index (κ1) is 18.0. The molecule has 0 spiro atoms. The van der Waals surface area contributed by atoms with Gasteiger partial charge in [0, 0.05) is 25.6 Å². The number of rotatable bonds is 7. The van der Waals surface area contributed by atoms with Gasteiger partial charge < -0.3 is 15.4 Å². The van der Waals surface area contributed by atoms with Crippen molar-refractivity contribution in [3.8, 4) is 5.75 Å². The lowest BCUT2D eigenvalue weighted by atomic mass is 10.3. The van der Waals surface area contributed by atoms with Crippen molar-refractivity contribution in [2.45, 2.75) is 32.2 Å². The fourth-order valence-electron chi connectivity index (χ4n) is 1.72. The highest BCUT2D eigenvalue weighted by Crippen LogP contribution is 2.18. The van der Waals surface area contributed by atoms with Crippen molar-refractivity contribution in [2.24, 2.45) is 4.99 Å². The zero-order chi connectivity index (χ0) is 14.2. The number of halogens is 2. The monoisotopic (exact) mass is 407 g/mol. The van der Waals surface area contributed by atoms with Crippen LogP contribution in [-0.4, -0.2) is 31.7 Å². The third-order valence-corrected chi connectivity index (χ3v) is 2.92. The van der Waals surface area contributed by atoms with Gasteiger partial charge in [0.2, 0.25) is 0 Å². The van der Waals surface area contributed by atoms with E-state index in [1.54, 1.807) is 12.1 Å². The SMILES string of the molecule is CCNC(=NCCCOc1ccc(F)cc1)NC1CC1.I. The van der Waals surface area contributed by atoms with E-state index in [0.29, 0.717) is 24.9 Å². The van der Waals surface area contributed by atoms with Crippen LogP contribution in [0.3, 0.4) is 0 Å². The first-order valence-corrected chi connectivity index (χ1v) is 7.21. The van der Waals surface area contributed by atoms with Crippen LogP contribution in [0.25, 0.3) is 0 Å². The van der Waals surface area contributed by atoms with Crippen LogP contribution in [0, 0.1) is 5.82 Å². The van der Waals surface area contributed by atoms with Gasteiger partial charge in [-0.3, -0.25) is 4.99 Å². The average Bonchev–Trinajstić information content (AvgIpc) is 3.24. The molecule has 118 valence electrons. The van der Waals surface area contributed by atoms with Crippen molar-refractivity contribution >= 4 is 29.9 Å². The molecule has 1 saturated carbocycles. The van der Waals surface area contributed by atoms with Crippen LogP contribution in [0.5, 0.6) is 5.75 Å². The Morgan fingerprint density at radius 2 is 2.05 bits per heavy atom. The summed E-state index contributed by atoms with van der Waals surface area (Å²) in [4.78, 5) is 4.49. The Morgan fingerprint density at radius 1 is 1.33 bits per heavy atom. The van der Waals surface area contributed by atoms with Gasteiger partial charge in [0.15, 0.2) is 5.96 Å². The number of guanidine groups is 1. The van der Waals surface area contributed by atoms with Gasteiger partial charge in [-0.1, -0.05) is 0 Å². The maximum absolute atomic E-state index is 12.7. The van der Waals surface area contributed by atoms with E-state index < -0.39 is 0 Å². The van der Waals surface area contributed by atoms with Gasteiger partial charge in [-0.25, -0.2) is 4.39 Å². The molecule has 2 N–H and O–H groups in total. The predicted octanol–water partition coefficient (Wildman–Crippen LogP) is 2.93. The normalized spacial score (nSPS) is 14.3. The van der Waals surface area contributed by atoms with E-state index in [0.717, 1.165) is 18.9 Å². The van der Waals surface area contributed by atoms with Gasteiger partial charge in [0.25, 0.3) is 0 Å². The molecule has 2 rings (SSSR count). The van der Waals surface area contributed by atoms with E-state index in [4.69, 9.17) is 4.74 Å². The number of aliphatic imine (C=N–C) groups is 1. The molecule has 0 saturated heterocycles. The van der Waals surface area contributed by atoms with Gasteiger partial charge in [0.1, 0.15) is 11.6 Å². The number of ether oxygens (including phenoxy) is 1. The molecule has 1 aliphatic carbocycles. The second kappa shape index (κ2) is 9.81. The van der Waals surface area contributed by atoms with Crippen LogP contribution in [0.4, 0.5) is 4.39 Å². The fourth-order valence-corrected chi connectivity index (χ4v) is 1.72. The van der Waals surface area contributed by atoms with E-state index in [2.05, 4.69) is 22.5 Å². The Labute approximate surface area is 142 Å². The summed E-state index contributed by atoms with van der Waals surface area (Å²) in [5.41, 5.74) is 0. The molecule has 0 bridgehead atoms. The minimum atomic E-state index is -0.247. The third-order valence-electron chi connectivity index (χ3n) is 2.92. The van der Waals surface area contributed by atoms with E-state index in [-0.39, 0.29) is 29.8 Å². The Kier molecular flexibility index (Phi) is 8.41. The molecule has 1 aromatic rings. The average molecular weight is 407 g/mol. The van der Waals surface area contributed by atoms with Gasteiger partial charge in [-0.15, -0.1) is 24.0 Å². The number of hydrogen-bond acceptors (Lipinski definition) is 2. The molecule has 1 aromatic carbocycles. The molecule has 0 radical (unpaired) electrons. The smallest absolute Gasteiger partial charge is 0.191 e. The minimum absolute atomic E-state index is 0.